The summed E-state index contributed by atoms with van der Waals surface area (Å²) in [7, 11) is 1.70. The van der Waals surface area contributed by atoms with E-state index in [-0.39, 0.29) is 5.91 Å². The number of carbonyl (C=O) groups excluding carboxylic acids is 1. The molecular weight excluding hydrogens is 228 g/mol. The average Bonchev–Trinajstić information content (AvgIpc) is 2.44. The zero-order valence-corrected chi connectivity index (χ0v) is 10.7. The van der Waals surface area contributed by atoms with Crippen molar-refractivity contribution in [3.8, 4) is 0 Å². The van der Waals surface area contributed by atoms with Gasteiger partial charge < -0.3 is 10.6 Å². The third-order valence-corrected chi connectivity index (χ3v) is 3.39. The predicted molar refractivity (Wildman–Crippen MR) is 67.5 cm³/mol. The van der Waals surface area contributed by atoms with Gasteiger partial charge in [-0.15, -0.1) is 11.3 Å². The lowest BCUT2D eigenvalue weighted by atomic mass is 10.3. The molecule has 1 rings (SSSR count). The van der Waals surface area contributed by atoms with E-state index in [9.17, 15) is 4.79 Å². The van der Waals surface area contributed by atoms with E-state index in [0.717, 1.165) is 10.4 Å². The number of rotatable bonds is 3. The molecule has 0 aromatic carbocycles. The van der Waals surface area contributed by atoms with Crippen LogP contribution in [-0.2, 0) is 0 Å². The van der Waals surface area contributed by atoms with Gasteiger partial charge in [0.05, 0.1) is 16.4 Å². The van der Waals surface area contributed by atoms with Crippen molar-refractivity contribution in [1.29, 1.82) is 0 Å². The molecule has 82 valence electrons. The van der Waals surface area contributed by atoms with E-state index in [2.05, 4.69) is 0 Å². The molecule has 1 heterocycles. The summed E-state index contributed by atoms with van der Waals surface area (Å²) in [4.78, 5) is 15.6. The Bertz CT molecular complexity index is 379. The first kappa shape index (κ1) is 12.1. The summed E-state index contributed by atoms with van der Waals surface area (Å²) in [6.45, 7) is 4.32. The average molecular weight is 242 g/mol. The van der Waals surface area contributed by atoms with Gasteiger partial charge in [0.25, 0.3) is 5.91 Å². The lowest BCUT2D eigenvalue weighted by molar-refractivity contribution is 0.0820. The van der Waals surface area contributed by atoms with Crippen molar-refractivity contribution in [2.45, 2.75) is 13.8 Å². The highest BCUT2D eigenvalue weighted by Gasteiger charge is 2.15. The highest BCUT2D eigenvalue weighted by molar-refractivity contribution is 7.80. The molecule has 0 aliphatic heterocycles. The molecular formula is C10H14N2OS2. The van der Waals surface area contributed by atoms with Crippen LogP contribution in [0.2, 0.25) is 0 Å². The molecule has 0 fully saturated rings. The van der Waals surface area contributed by atoms with E-state index in [1.165, 1.54) is 21.1 Å². The quantitative estimate of drug-likeness (QED) is 0.821. The lowest BCUT2D eigenvalue weighted by Crippen LogP contribution is -2.34. The minimum atomic E-state index is -0.0241. The zero-order chi connectivity index (χ0) is 11.6. The second-order valence-corrected chi connectivity index (χ2v) is 5.26. The van der Waals surface area contributed by atoms with Crippen molar-refractivity contribution in [1.82, 2.24) is 4.90 Å². The monoisotopic (exact) mass is 242 g/mol. The molecule has 1 amide bonds. The lowest BCUT2D eigenvalue weighted by Gasteiger charge is -2.14. The Balaban J connectivity index is 2.80. The molecule has 3 nitrogen and oxygen atoms in total. The van der Waals surface area contributed by atoms with Gasteiger partial charge >= 0.3 is 0 Å². The van der Waals surface area contributed by atoms with Crippen molar-refractivity contribution < 1.29 is 4.79 Å². The van der Waals surface area contributed by atoms with E-state index >= 15 is 0 Å². The van der Waals surface area contributed by atoms with Crippen molar-refractivity contribution in [3.05, 3.63) is 21.4 Å². The van der Waals surface area contributed by atoms with Crippen LogP contribution < -0.4 is 5.73 Å². The molecule has 0 atom stereocenters. The van der Waals surface area contributed by atoms with Crippen LogP contribution in [0, 0.1) is 13.8 Å². The van der Waals surface area contributed by atoms with E-state index in [4.69, 9.17) is 18.0 Å². The summed E-state index contributed by atoms with van der Waals surface area (Å²) < 4.78 is 0. The van der Waals surface area contributed by atoms with Crippen LogP contribution >= 0.6 is 23.6 Å². The second kappa shape index (κ2) is 4.72. The minimum absolute atomic E-state index is 0.0241. The van der Waals surface area contributed by atoms with Crippen LogP contribution in [0.25, 0.3) is 0 Å². The number of nitrogens with zero attached hydrogens (tertiary/aromatic N) is 1. The maximum atomic E-state index is 11.9. The number of carbonyl (C=O) groups is 1. The van der Waals surface area contributed by atoms with E-state index in [1.807, 2.05) is 19.9 Å². The van der Waals surface area contributed by atoms with Gasteiger partial charge in [0.15, 0.2) is 0 Å². The van der Waals surface area contributed by atoms with E-state index in [1.54, 1.807) is 7.05 Å². The molecule has 0 bridgehead atoms. The first-order chi connectivity index (χ1) is 6.91. The van der Waals surface area contributed by atoms with Crippen LogP contribution in [0.5, 0.6) is 0 Å². The van der Waals surface area contributed by atoms with Crippen molar-refractivity contribution in [2.24, 2.45) is 5.73 Å². The highest BCUT2D eigenvalue weighted by atomic mass is 32.1. The number of hydrogen-bond donors (Lipinski definition) is 1. The summed E-state index contributed by atoms with van der Waals surface area (Å²) in [6, 6.07) is 1.90. The fourth-order valence-electron chi connectivity index (χ4n) is 1.17. The smallest absolute Gasteiger partial charge is 0.264 e. The van der Waals surface area contributed by atoms with Gasteiger partial charge in [-0.25, -0.2) is 0 Å². The third-order valence-electron chi connectivity index (χ3n) is 2.12. The molecule has 0 aliphatic rings. The van der Waals surface area contributed by atoms with Gasteiger partial charge in [0, 0.05) is 11.9 Å². The number of thiophene rings is 1. The van der Waals surface area contributed by atoms with Crippen LogP contribution in [0.3, 0.4) is 0 Å². The second-order valence-electron chi connectivity index (χ2n) is 3.48. The standard InChI is InChI=1S/C10H14N2OS2/c1-6-4-8(15-7(6)2)10(13)12(3)5-9(11)14/h4H,5H2,1-3H3,(H2,11,14). The Morgan fingerprint density at radius 1 is 1.60 bits per heavy atom. The number of aryl methyl sites for hydroxylation is 2. The number of thiocarbonyl (C=S) groups is 1. The van der Waals surface area contributed by atoms with Crippen molar-refractivity contribution in [2.75, 3.05) is 13.6 Å². The Kier molecular flexibility index (Phi) is 3.82. The van der Waals surface area contributed by atoms with Gasteiger partial charge in [0.2, 0.25) is 0 Å². The minimum Gasteiger partial charge on any atom is -0.392 e. The SMILES string of the molecule is Cc1cc(C(=O)N(C)CC(N)=S)sc1C. The molecule has 15 heavy (non-hydrogen) atoms. The largest absolute Gasteiger partial charge is 0.392 e. The molecule has 2 N–H and O–H groups in total. The number of likely N-dealkylation sites (N-methyl/N-ethyl adjacent to an activating group) is 1. The summed E-state index contributed by atoms with van der Waals surface area (Å²) in [6.07, 6.45) is 0. The third kappa shape index (κ3) is 3.00. The Labute approximate surface area is 98.9 Å². The Morgan fingerprint density at radius 3 is 2.60 bits per heavy atom. The maximum Gasteiger partial charge on any atom is 0.264 e. The van der Waals surface area contributed by atoms with E-state index < -0.39 is 0 Å². The molecule has 5 heteroatoms. The van der Waals surface area contributed by atoms with Gasteiger partial charge in [-0.1, -0.05) is 12.2 Å². The Morgan fingerprint density at radius 2 is 2.20 bits per heavy atom. The number of amides is 1. The first-order valence-electron chi connectivity index (χ1n) is 4.52. The topological polar surface area (TPSA) is 46.3 Å². The summed E-state index contributed by atoms with van der Waals surface area (Å²) in [5, 5.41) is 0. The molecule has 1 aromatic heterocycles. The molecule has 0 aliphatic carbocycles. The van der Waals surface area contributed by atoms with Gasteiger partial charge in [-0.2, -0.15) is 0 Å². The first-order valence-corrected chi connectivity index (χ1v) is 5.75. The fourth-order valence-corrected chi connectivity index (χ4v) is 2.39. The molecule has 0 saturated carbocycles. The van der Waals surface area contributed by atoms with Crippen LogP contribution in [0.15, 0.2) is 6.07 Å². The van der Waals surface area contributed by atoms with Crippen LogP contribution in [0.4, 0.5) is 0 Å². The molecule has 1 aromatic rings. The van der Waals surface area contributed by atoms with Gasteiger partial charge in [-0.3, -0.25) is 4.79 Å². The van der Waals surface area contributed by atoms with Crippen molar-refractivity contribution >= 4 is 34.5 Å². The maximum absolute atomic E-state index is 11.9. The summed E-state index contributed by atoms with van der Waals surface area (Å²) in [5.41, 5.74) is 6.53. The molecule has 0 saturated heterocycles. The van der Waals surface area contributed by atoms with Crippen molar-refractivity contribution in [3.63, 3.8) is 0 Å². The highest BCUT2D eigenvalue weighted by Crippen LogP contribution is 2.21. The van der Waals surface area contributed by atoms with Gasteiger partial charge in [0.1, 0.15) is 0 Å². The molecule has 0 unspecified atom stereocenters. The summed E-state index contributed by atoms with van der Waals surface area (Å²) >= 11 is 6.26. The predicted octanol–water partition coefficient (Wildman–Crippen LogP) is 1.72. The van der Waals surface area contributed by atoms with E-state index in [0.29, 0.717) is 11.5 Å². The molecule has 0 spiro atoms. The number of hydrogen-bond acceptors (Lipinski definition) is 3. The molecule has 0 radical (unpaired) electrons. The zero-order valence-electron chi connectivity index (χ0n) is 9.03. The van der Waals surface area contributed by atoms with Gasteiger partial charge in [-0.05, 0) is 25.5 Å². The number of nitrogens with two attached hydrogens (primary N) is 1. The van der Waals surface area contributed by atoms with Crippen LogP contribution in [-0.4, -0.2) is 29.4 Å². The normalized spacial score (nSPS) is 10.1. The summed E-state index contributed by atoms with van der Waals surface area (Å²) in [5.74, 6) is -0.0241. The fraction of sp³-hybridized carbons (Fsp3) is 0.400. The Hall–Kier alpha value is -0.940. The van der Waals surface area contributed by atoms with Crippen LogP contribution in [0.1, 0.15) is 20.1 Å².